The van der Waals surface area contributed by atoms with Crippen molar-refractivity contribution >= 4 is 16.0 Å². The number of aliphatic hydroxyl groups is 1. The standard InChI is InChI=1S/C11H12F3NO5S/c1-10(18,9(16)17)6-15-21(19,20)8-4-2-7(3-5-8)11(12,13)14/h2-5,15,18H,6H2,1H3,(H,16,17). The van der Waals surface area contributed by atoms with Gasteiger partial charge in [-0.15, -0.1) is 0 Å². The molecule has 0 saturated heterocycles. The summed E-state index contributed by atoms with van der Waals surface area (Å²) >= 11 is 0. The minimum Gasteiger partial charge on any atom is -0.479 e. The molecule has 3 N–H and O–H groups in total. The molecule has 6 nitrogen and oxygen atoms in total. The van der Waals surface area contributed by atoms with Gasteiger partial charge in [0.05, 0.1) is 17.0 Å². The number of benzene rings is 1. The molecule has 1 aromatic carbocycles. The molecule has 0 bridgehead atoms. The average Bonchev–Trinajstić information content (AvgIpc) is 2.36. The van der Waals surface area contributed by atoms with Crippen LogP contribution in [0.5, 0.6) is 0 Å². The lowest BCUT2D eigenvalue weighted by Crippen LogP contribution is -2.46. The van der Waals surface area contributed by atoms with Crippen LogP contribution in [-0.2, 0) is 21.0 Å². The highest BCUT2D eigenvalue weighted by Crippen LogP contribution is 2.29. The normalized spacial score (nSPS) is 15.5. The fourth-order valence-electron chi connectivity index (χ4n) is 1.22. The van der Waals surface area contributed by atoms with Crippen LogP contribution in [0, 0.1) is 0 Å². The summed E-state index contributed by atoms with van der Waals surface area (Å²) in [5.41, 5.74) is -3.35. The Balaban J connectivity index is 2.92. The first kappa shape index (κ1) is 17.4. The van der Waals surface area contributed by atoms with Gasteiger partial charge in [-0.05, 0) is 31.2 Å². The van der Waals surface area contributed by atoms with Crippen LogP contribution in [-0.4, -0.2) is 36.7 Å². The van der Waals surface area contributed by atoms with Gasteiger partial charge >= 0.3 is 12.1 Å². The van der Waals surface area contributed by atoms with Gasteiger partial charge in [0.2, 0.25) is 10.0 Å². The molecule has 1 atom stereocenters. The molecule has 1 rings (SSSR count). The van der Waals surface area contributed by atoms with E-state index in [-0.39, 0.29) is 0 Å². The summed E-state index contributed by atoms with van der Waals surface area (Å²) in [6, 6.07) is 2.65. The Hall–Kier alpha value is -1.65. The molecule has 1 unspecified atom stereocenters. The fourth-order valence-corrected chi connectivity index (χ4v) is 2.35. The van der Waals surface area contributed by atoms with E-state index in [1.54, 1.807) is 0 Å². The van der Waals surface area contributed by atoms with Crippen LogP contribution in [0.1, 0.15) is 12.5 Å². The molecule has 10 heteroatoms. The van der Waals surface area contributed by atoms with Crippen molar-refractivity contribution in [1.82, 2.24) is 4.72 Å². The van der Waals surface area contributed by atoms with Crippen LogP contribution in [0.25, 0.3) is 0 Å². The molecule has 0 amide bonds. The van der Waals surface area contributed by atoms with Gasteiger partial charge in [-0.3, -0.25) is 0 Å². The zero-order chi connectivity index (χ0) is 16.5. The summed E-state index contributed by atoms with van der Waals surface area (Å²) in [6.45, 7) is 0.0519. The third-order valence-electron chi connectivity index (χ3n) is 2.56. The van der Waals surface area contributed by atoms with E-state index in [0.29, 0.717) is 12.1 Å². The number of hydrogen-bond donors (Lipinski definition) is 3. The summed E-state index contributed by atoms with van der Waals surface area (Å²) < 4.78 is 62.4. The van der Waals surface area contributed by atoms with E-state index in [2.05, 4.69) is 0 Å². The molecule has 118 valence electrons. The van der Waals surface area contributed by atoms with Crippen molar-refractivity contribution in [3.8, 4) is 0 Å². The van der Waals surface area contributed by atoms with E-state index in [0.717, 1.165) is 19.1 Å². The molecule has 0 aromatic heterocycles. The van der Waals surface area contributed by atoms with Crippen LogP contribution in [0.3, 0.4) is 0 Å². The molecule has 0 aliphatic rings. The first-order valence-corrected chi connectivity index (χ1v) is 6.97. The molecule has 0 spiro atoms. The monoisotopic (exact) mass is 327 g/mol. The van der Waals surface area contributed by atoms with E-state index in [1.807, 2.05) is 4.72 Å². The molecule has 0 radical (unpaired) electrons. The third kappa shape index (κ3) is 4.41. The predicted octanol–water partition coefficient (Wildman–Crippen LogP) is 0.819. The maximum absolute atomic E-state index is 12.3. The van der Waals surface area contributed by atoms with Crippen LogP contribution in [0.4, 0.5) is 13.2 Å². The van der Waals surface area contributed by atoms with Crippen molar-refractivity contribution in [2.24, 2.45) is 0 Å². The Morgan fingerprint density at radius 2 is 1.71 bits per heavy atom. The highest BCUT2D eigenvalue weighted by atomic mass is 32.2. The molecular formula is C11H12F3NO5S. The van der Waals surface area contributed by atoms with E-state index >= 15 is 0 Å². The summed E-state index contributed by atoms with van der Waals surface area (Å²) in [5, 5.41) is 18.0. The number of aliphatic carboxylic acids is 1. The number of hydrogen-bond acceptors (Lipinski definition) is 4. The van der Waals surface area contributed by atoms with Gasteiger partial charge in [0, 0.05) is 0 Å². The predicted molar refractivity (Wildman–Crippen MR) is 64.9 cm³/mol. The van der Waals surface area contributed by atoms with Gasteiger partial charge in [0.25, 0.3) is 0 Å². The van der Waals surface area contributed by atoms with Gasteiger partial charge in [-0.2, -0.15) is 13.2 Å². The molecule has 21 heavy (non-hydrogen) atoms. The lowest BCUT2D eigenvalue weighted by molar-refractivity contribution is -0.155. The van der Waals surface area contributed by atoms with Crippen molar-refractivity contribution in [3.05, 3.63) is 29.8 Å². The lowest BCUT2D eigenvalue weighted by Gasteiger charge is -2.18. The third-order valence-corrected chi connectivity index (χ3v) is 3.98. The molecular weight excluding hydrogens is 315 g/mol. The lowest BCUT2D eigenvalue weighted by atomic mass is 10.1. The van der Waals surface area contributed by atoms with Crippen molar-refractivity contribution in [2.45, 2.75) is 23.6 Å². The Morgan fingerprint density at radius 3 is 2.10 bits per heavy atom. The molecule has 0 aliphatic heterocycles. The number of carboxylic acids is 1. The van der Waals surface area contributed by atoms with Crippen LogP contribution in [0.15, 0.2) is 29.2 Å². The molecule has 0 saturated carbocycles. The van der Waals surface area contributed by atoms with Gasteiger partial charge in [0.15, 0.2) is 5.60 Å². The molecule has 0 fully saturated rings. The van der Waals surface area contributed by atoms with E-state index in [1.165, 1.54) is 0 Å². The largest absolute Gasteiger partial charge is 0.479 e. The second kappa shape index (κ2) is 5.62. The van der Waals surface area contributed by atoms with Crippen molar-refractivity contribution in [2.75, 3.05) is 6.54 Å². The van der Waals surface area contributed by atoms with Crippen LogP contribution in [0.2, 0.25) is 0 Å². The zero-order valence-electron chi connectivity index (χ0n) is 10.7. The number of halogens is 3. The number of sulfonamides is 1. The van der Waals surface area contributed by atoms with E-state index in [9.17, 15) is 31.5 Å². The van der Waals surface area contributed by atoms with Gasteiger partial charge < -0.3 is 10.2 Å². The number of nitrogens with one attached hydrogen (secondary N) is 1. The number of rotatable bonds is 5. The smallest absolute Gasteiger partial charge is 0.416 e. The van der Waals surface area contributed by atoms with E-state index in [4.69, 9.17) is 5.11 Å². The summed E-state index contributed by atoms with van der Waals surface area (Å²) in [5.74, 6) is -1.64. The minimum absolute atomic E-state index is 0.475. The first-order chi connectivity index (χ1) is 9.36. The van der Waals surface area contributed by atoms with Gasteiger partial charge in [0.1, 0.15) is 0 Å². The van der Waals surface area contributed by atoms with Crippen molar-refractivity contribution < 1.29 is 36.6 Å². The summed E-state index contributed by atoms with van der Waals surface area (Å²) in [6.07, 6.45) is -4.59. The van der Waals surface area contributed by atoms with Crippen LogP contribution >= 0.6 is 0 Å². The van der Waals surface area contributed by atoms with Crippen molar-refractivity contribution in [3.63, 3.8) is 0 Å². The number of carboxylic acid groups (broad SMARTS) is 1. The highest BCUT2D eigenvalue weighted by Gasteiger charge is 2.33. The van der Waals surface area contributed by atoms with Gasteiger partial charge in [-0.1, -0.05) is 0 Å². The minimum atomic E-state index is -4.59. The zero-order valence-corrected chi connectivity index (χ0v) is 11.5. The molecule has 0 heterocycles. The topological polar surface area (TPSA) is 104 Å². The van der Waals surface area contributed by atoms with E-state index < -0.39 is 44.8 Å². The maximum atomic E-state index is 12.3. The SMILES string of the molecule is CC(O)(CNS(=O)(=O)c1ccc(C(F)(F)F)cc1)C(=O)O. The van der Waals surface area contributed by atoms with Gasteiger partial charge in [-0.25, -0.2) is 17.9 Å². The Morgan fingerprint density at radius 1 is 1.24 bits per heavy atom. The Bertz CT molecular complexity index is 622. The Labute approximate surface area is 118 Å². The number of carbonyl (C=O) groups is 1. The molecule has 1 aromatic rings. The van der Waals surface area contributed by atoms with Crippen molar-refractivity contribution in [1.29, 1.82) is 0 Å². The quantitative estimate of drug-likeness (QED) is 0.743. The van der Waals surface area contributed by atoms with Crippen LogP contribution < -0.4 is 4.72 Å². The highest BCUT2D eigenvalue weighted by molar-refractivity contribution is 7.89. The Kier molecular flexibility index (Phi) is 4.66. The maximum Gasteiger partial charge on any atom is 0.416 e. The second-order valence-corrected chi connectivity index (χ2v) is 6.19. The number of alkyl halides is 3. The second-order valence-electron chi connectivity index (χ2n) is 4.43. The summed E-state index contributed by atoms with van der Waals surface area (Å²) in [7, 11) is -4.23. The summed E-state index contributed by atoms with van der Waals surface area (Å²) in [4.78, 5) is 10.1. The first-order valence-electron chi connectivity index (χ1n) is 5.49. The fraction of sp³-hybridized carbons (Fsp3) is 0.364. The average molecular weight is 327 g/mol. The molecule has 0 aliphatic carbocycles.